The van der Waals surface area contributed by atoms with E-state index in [0.29, 0.717) is 11.3 Å². The van der Waals surface area contributed by atoms with Crippen LogP contribution in [0.4, 0.5) is 5.69 Å². The Labute approximate surface area is 123 Å². The van der Waals surface area contributed by atoms with Gasteiger partial charge in [-0.2, -0.15) is 0 Å². The molecule has 5 heteroatoms. The number of amidine groups is 1. The monoisotopic (exact) mass is 283 g/mol. The van der Waals surface area contributed by atoms with Crippen molar-refractivity contribution in [2.24, 2.45) is 10.9 Å². The Morgan fingerprint density at radius 2 is 1.90 bits per heavy atom. The lowest BCUT2D eigenvalue weighted by molar-refractivity contribution is -0.116. The summed E-state index contributed by atoms with van der Waals surface area (Å²) in [6.45, 7) is 1.94. The Hall–Kier alpha value is -2.82. The zero-order chi connectivity index (χ0) is 15.2. The highest BCUT2D eigenvalue weighted by Crippen LogP contribution is 2.19. The summed E-state index contributed by atoms with van der Waals surface area (Å²) in [6.07, 6.45) is 0. The number of nitrogens with zero attached hydrogens (tertiary/aromatic N) is 1. The van der Waals surface area contributed by atoms with Crippen molar-refractivity contribution in [2.75, 3.05) is 5.32 Å². The quantitative estimate of drug-likeness (QED) is 0.348. The van der Waals surface area contributed by atoms with E-state index >= 15 is 0 Å². The van der Waals surface area contributed by atoms with Crippen LogP contribution in [0.2, 0.25) is 0 Å². The van der Waals surface area contributed by atoms with Crippen LogP contribution in [0, 0.1) is 6.92 Å². The first-order chi connectivity index (χ1) is 10.1. The van der Waals surface area contributed by atoms with Gasteiger partial charge in [0.1, 0.15) is 5.92 Å². The van der Waals surface area contributed by atoms with E-state index in [1.54, 1.807) is 30.3 Å². The second-order valence-corrected chi connectivity index (χ2v) is 4.73. The molecule has 1 atom stereocenters. The maximum atomic E-state index is 12.4. The summed E-state index contributed by atoms with van der Waals surface area (Å²) < 4.78 is 0. The molecule has 5 nitrogen and oxygen atoms in total. The van der Waals surface area contributed by atoms with Gasteiger partial charge in [-0.05, 0) is 30.2 Å². The van der Waals surface area contributed by atoms with Crippen molar-refractivity contribution in [3.8, 4) is 0 Å². The normalized spacial score (nSPS) is 12.7. The van der Waals surface area contributed by atoms with Crippen molar-refractivity contribution >= 4 is 17.4 Å². The van der Waals surface area contributed by atoms with Crippen LogP contribution in [0.3, 0.4) is 0 Å². The van der Waals surface area contributed by atoms with Crippen LogP contribution in [0.25, 0.3) is 0 Å². The van der Waals surface area contributed by atoms with Gasteiger partial charge in [0, 0.05) is 5.69 Å². The number of nitrogens with one attached hydrogen (secondary N) is 1. The molecule has 0 aliphatic heterocycles. The van der Waals surface area contributed by atoms with Crippen molar-refractivity contribution in [2.45, 2.75) is 12.8 Å². The fourth-order valence-corrected chi connectivity index (χ4v) is 2.10. The molecule has 0 heterocycles. The Morgan fingerprint density at radius 3 is 2.52 bits per heavy atom. The minimum atomic E-state index is -0.836. The lowest BCUT2D eigenvalue weighted by Crippen LogP contribution is -2.32. The summed E-state index contributed by atoms with van der Waals surface area (Å²) >= 11 is 0. The van der Waals surface area contributed by atoms with E-state index in [9.17, 15) is 4.79 Å². The number of anilines is 1. The first-order valence-corrected chi connectivity index (χ1v) is 6.51. The number of carbonyl (C=O) groups excluding carboxylic acids is 1. The van der Waals surface area contributed by atoms with E-state index < -0.39 is 5.92 Å². The third-order valence-corrected chi connectivity index (χ3v) is 3.09. The number of benzene rings is 2. The number of rotatable bonds is 4. The van der Waals surface area contributed by atoms with Gasteiger partial charge in [-0.25, -0.2) is 0 Å². The highest BCUT2D eigenvalue weighted by Gasteiger charge is 2.25. The maximum Gasteiger partial charge on any atom is 0.239 e. The minimum Gasteiger partial charge on any atom is -0.409 e. The van der Waals surface area contributed by atoms with Crippen molar-refractivity contribution in [3.05, 3.63) is 65.7 Å². The molecule has 0 fully saturated rings. The van der Waals surface area contributed by atoms with E-state index in [4.69, 9.17) is 10.9 Å². The smallest absolute Gasteiger partial charge is 0.239 e. The molecule has 0 bridgehead atoms. The molecular weight excluding hydrogens is 266 g/mol. The lowest BCUT2D eigenvalue weighted by atomic mass is 9.97. The SMILES string of the molecule is Cc1cccc(NC(=O)C(C(N)=NO)c2ccccc2)c1. The average molecular weight is 283 g/mol. The maximum absolute atomic E-state index is 12.4. The van der Waals surface area contributed by atoms with Crippen LogP contribution in [0.5, 0.6) is 0 Å². The van der Waals surface area contributed by atoms with Crippen molar-refractivity contribution in [1.29, 1.82) is 0 Å². The van der Waals surface area contributed by atoms with Gasteiger partial charge in [-0.15, -0.1) is 0 Å². The van der Waals surface area contributed by atoms with E-state index in [0.717, 1.165) is 5.56 Å². The molecule has 0 aliphatic carbocycles. The van der Waals surface area contributed by atoms with Gasteiger partial charge in [0.2, 0.25) is 5.91 Å². The average Bonchev–Trinajstić information content (AvgIpc) is 2.48. The highest BCUT2D eigenvalue weighted by molar-refractivity contribution is 6.12. The zero-order valence-electron chi connectivity index (χ0n) is 11.7. The molecule has 0 aliphatic rings. The van der Waals surface area contributed by atoms with Crippen LogP contribution in [0.15, 0.2) is 59.8 Å². The highest BCUT2D eigenvalue weighted by atomic mass is 16.4. The molecule has 2 rings (SSSR count). The second-order valence-electron chi connectivity index (χ2n) is 4.73. The minimum absolute atomic E-state index is 0.147. The number of oxime groups is 1. The summed E-state index contributed by atoms with van der Waals surface area (Å²) in [6, 6.07) is 16.4. The molecule has 0 saturated carbocycles. The number of aryl methyl sites for hydroxylation is 1. The molecule has 2 aromatic carbocycles. The Morgan fingerprint density at radius 1 is 1.19 bits per heavy atom. The molecule has 0 saturated heterocycles. The molecular formula is C16H17N3O2. The number of hydrogen-bond acceptors (Lipinski definition) is 3. The van der Waals surface area contributed by atoms with E-state index in [1.807, 2.05) is 31.2 Å². The lowest BCUT2D eigenvalue weighted by Gasteiger charge is -2.16. The predicted molar refractivity (Wildman–Crippen MR) is 82.4 cm³/mol. The van der Waals surface area contributed by atoms with Crippen molar-refractivity contribution in [1.82, 2.24) is 0 Å². The summed E-state index contributed by atoms with van der Waals surface area (Å²) in [5.41, 5.74) is 8.05. The van der Waals surface area contributed by atoms with Gasteiger partial charge in [0.15, 0.2) is 5.84 Å². The molecule has 4 N–H and O–H groups in total. The fraction of sp³-hybridized carbons (Fsp3) is 0.125. The molecule has 21 heavy (non-hydrogen) atoms. The van der Waals surface area contributed by atoms with Crippen LogP contribution in [0.1, 0.15) is 17.0 Å². The Bertz CT molecular complexity index is 654. The molecule has 1 unspecified atom stereocenters. The first kappa shape index (κ1) is 14.6. The number of nitrogens with two attached hydrogens (primary N) is 1. The molecule has 0 radical (unpaired) electrons. The largest absolute Gasteiger partial charge is 0.409 e. The zero-order valence-corrected chi connectivity index (χ0v) is 11.7. The Balaban J connectivity index is 2.27. The van der Waals surface area contributed by atoms with Gasteiger partial charge in [-0.1, -0.05) is 47.6 Å². The Kier molecular flexibility index (Phi) is 4.56. The molecule has 0 spiro atoms. The van der Waals surface area contributed by atoms with Gasteiger partial charge in [-0.3, -0.25) is 4.79 Å². The van der Waals surface area contributed by atoms with Crippen LogP contribution >= 0.6 is 0 Å². The van der Waals surface area contributed by atoms with Crippen LogP contribution in [-0.4, -0.2) is 17.0 Å². The fourth-order valence-electron chi connectivity index (χ4n) is 2.10. The molecule has 1 amide bonds. The van der Waals surface area contributed by atoms with Crippen molar-refractivity contribution < 1.29 is 10.0 Å². The molecule has 2 aromatic rings. The van der Waals surface area contributed by atoms with E-state index in [2.05, 4.69) is 10.5 Å². The third kappa shape index (κ3) is 3.60. The predicted octanol–water partition coefficient (Wildman–Crippen LogP) is 2.46. The second kappa shape index (κ2) is 6.56. The standard InChI is InChI=1S/C16H17N3O2/c1-11-6-5-9-13(10-11)18-16(20)14(15(17)19-21)12-7-3-2-4-8-12/h2-10,14,21H,1H3,(H2,17,19)(H,18,20). The van der Waals surface area contributed by atoms with Crippen molar-refractivity contribution in [3.63, 3.8) is 0 Å². The number of amides is 1. The summed E-state index contributed by atoms with van der Waals surface area (Å²) in [5, 5.41) is 14.7. The summed E-state index contributed by atoms with van der Waals surface area (Å²) in [5.74, 6) is -1.33. The summed E-state index contributed by atoms with van der Waals surface area (Å²) in [7, 11) is 0. The van der Waals surface area contributed by atoms with E-state index in [1.165, 1.54) is 0 Å². The number of carbonyl (C=O) groups is 1. The van der Waals surface area contributed by atoms with Crippen LogP contribution in [-0.2, 0) is 4.79 Å². The first-order valence-electron chi connectivity index (χ1n) is 6.51. The van der Waals surface area contributed by atoms with Crippen LogP contribution < -0.4 is 11.1 Å². The summed E-state index contributed by atoms with van der Waals surface area (Å²) in [4.78, 5) is 12.4. The number of hydrogen-bond donors (Lipinski definition) is 3. The van der Waals surface area contributed by atoms with Gasteiger partial charge >= 0.3 is 0 Å². The molecule has 0 aromatic heterocycles. The van der Waals surface area contributed by atoms with Gasteiger partial charge < -0.3 is 16.3 Å². The molecule has 108 valence electrons. The van der Waals surface area contributed by atoms with E-state index in [-0.39, 0.29) is 11.7 Å². The topological polar surface area (TPSA) is 87.7 Å². The van der Waals surface area contributed by atoms with Gasteiger partial charge in [0.25, 0.3) is 0 Å². The van der Waals surface area contributed by atoms with Gasteiger partial charge in [0.05, 0.1) is 0 Å². The third-order valence-electron chi connectivity index (χ3n) is 3.09.